The number of hydrogen-bond acceptors (Lipinski definition) is 3. The van der Waals surface area contributed by atoms with Gasteiger partial charge in [-0.1, -0.05) is 158 Å². The highest BCUT2D eigenvalue weighted by atomic mass is 15.1. The molecule has 12 aromatic rings. The molecule has 0 atom stereocenters. The van der Waals surface area contributed by atoms with Gasteiger partial charge in [0.1, 0.15) is 0 Å². The summed E-state index contributed by atoms with van der Waals surface area (Å²) in [5.74, 6) is 1.88. The topological polar surface area (TPSA) is 48.5 Å². The molecule has 3 aromatic heterocycles. The van der Waals surface area contributed by atoms with E-state index in [0.717, 1.165) is 39.1 Å². The molecule has 0 radical (unpaired) electrons. The first-order valence-corrected chi connectivity index (χ1v) is 19.6. The second kappa shape index (κ2) is 12.8. The molecule has 0 aliphatic heterocycles. The van der Waals surface area contributed by atoms with Crippen molar-refractivity contribution in [2.45, 2.75) is 0 Å². The van der Waals surface area contributed by atoms with Gasteiger partial charge in [0.05, 0.1) is 27.8 Å². The molecule has 0 saturated carbocycles. The van der Waals surface area contributed by atoms with Crippen LogP contribution in [0, 0.1) is 0 Å². The van der Waals surface area contributed by atoms with E-state index in [1.807, 2.05) is 36.4 Å². The van der Waals surface area contributed by atoms with Crippen molar-refractivity contribution in [3.05, 3.63) is 200 Å². The van der Waals surface area contributed by atoms with Gasteiger partial charge < -0.3 is 9.13 Å². The Hall–Kier alpha value is -7.89. The Labute approximate surface area is 333 Å². The quantitative estimate of drug-likeness (QED) is 0.177. The van der Waals surface area contributed by atoms with Crippen molar-refractivity contribution in [2.24, 2.45) is 0 Å². The van der Waals surface area contributed by atoms with Crippen LogP contribution in [0.3, 0.4) is 0 Å². The first kappa shape index (κ1) is 32.4. The average Bonchev–Trinajstić information content (AvgIpc) is 3.80. The van der Waals surface area contributed by atoms with Crippen LogP contribution >= 0.6 is 0 Å². The summed E-state index contributed by atoms with van der Waals surface area (Å²) >= 11 is 0. The van der Waals surface area contributed by atoms with Crippen LogP contribution in [0.1, 0.15) is 0 Å². The fraction of sp³-hybridized carbons (Fsp3) is 0. The summed E-state index contributed by atoms with van der Waals surface area (Å²) in [6.07, 6.45) is 0. The highest BCUT2D eigenvalue weighted by Gasteiger charge is 2.22. The highest BCUT2D eigenvalue weighted by Crippen LogP contribution is 2.41. The number of aromatic nitrogens is 5. The zero-order chi connectivity index (χ0) is 38.2. The van der Waals surface area contributed by atoms with E-state index in [1.165, 1.54) is 54.1 Å². The Morgan fingerprint density at radius 3 is 1.62 bits per heavy atom. The highest BCUT2D eigenvalue weighted by molar-refractivity contribution is 6.19. The number of para-hydroxylation sites is 2. The Morgan fingerprint density at radius 1 is 0.310 bits per heavy atom. The summed E-state index contributed by atoms with van der Waals surface area (Å²) in [6.45, 7) is 0. The minimum atomic E-state index is 0.615. The van der Waals surface area contributed by atoms with Crippen LogP contribution < -0.4 is 0 Å². The number of fused-ring (bicyclic) bond motifs is 9. The van der Waals surface area contributed by atoms with Gasteiger partial charge in [-0.05, 0) is 58.6 Å². The van der Waals surface area contributed by atoms with E-state index in [9.17, 15) is 0 Å². The Kier molecular flexibility index (Phi) is 7.16. The average molecular weight is 740 g/mol. The Bertz CT molecular complexity index is 3510. The lowest BCUT2D eigenvalue weighted by Gasteiger charge is -2.15. The van der Waals surface area contributed by atoms with Gasteiger partial charge in [0.15, 0.2) is 17.5 Å². The Morgan fingerprint density at radius 2 is 0.862 bits per heavy atom. The maximum Gasteiger partial charge on any atom is 0.166 e. The van der Waals surface area contributed by atoms with Crippen LogP contribution in [-0.2, 0) is 0 Å². The maximum absolute atomic E-state index is 5.20. The molecule has 0 amide bonds. The summed E-state index contributed by atoms with van der Waals surface area (Å²) in [4.78, 5) is 15.4. The van der Waals surface area contributed by atoms with Crippen molar-refractivity contribution >= 4 is 65.2 Å². The van der Waals surface area contributed by atoms with Crippen LogP contribution in [0.2, 0.25) is 0 Å². The molecule has 270 valence electrons. The van der Waals surface area contributed by atoms with Crippen LogP contribution in [-0.4, -0.2) is 24.1 Å². The molecule has 58 heavy (non-hydrogen) atoms. The van der Waals surface area contributed by atoms with Gasteiger partial charge in [0.2, 0.25) is 0 Å². The molecule has 5 nitrogen and oxygen atoms in total. The predicted octanol–water partition coefficient (Wildman–Crippen LogP) is 13.4. The van der Waals surface area contributed by atoms with Gasteiger partial charge in [-0.15, -0.1) is 0 Å². The molecule has 0 aliphatic carbocycles. The first-order chi connectivity index (χ1) is 28.8. The summed E-state index contributed by atoms with van der Waals surface area (Å²) in [5, 5.41) is 9.68. The number of nitrogens with zero attached hydrogens (tertiary/aromatic N) is 5. The second-order valence-electron chi connectivity index (χ2n) is 14.8. The lowest BCUT2D eigenvalue weighted by Crippen LogP contribution is -2.04. The standard InChI is InChI=1S/C53H33N5/c1-3-16-35(17-4-1)51-54-52(36-18-5-2-6-19-36)56-53(55-51)44-24-12-14-26-47(44)58-48-32-38-21-8-7-20-37(38)31-45(48)42-30-28-39(33-49(42)58)57-46-25-13-11-23-41(46)43-29-27-34-15-9-10-22-40(34)50(43)57/h1-33H. The van der Waals surface area contributed by atoms with E-state index in [-0.39, 0.29) is 0 Å². The summed E-state index contributed by atoms with van der Waals surface area (Å²) < 4.78 is 4.86. The van der Waals surface area contributed by atoms with Crippen molar-refractivity contribution in [2.75, 3.05) is 0 Å². The normalized spacial score (nSPS) is 11.8. The molecular weight excluding hydrogens is 707 g/mol. The van der Waals surface area contributed by atoms with Gasteiger partial charge in [0.25, 0.3) is 0 Å². The van der Waals surface area contributed by atoms with Crippen LogP contribution in [0.4, 0.5) is 0 Å². The van der Waals surface area contributed by atoms with E-state index >= 15 is 0 Å². The zero-order valence-corrected chi connectivity index (χ0v) is 31.3. The van der Waals surface area contributed by atoms with Gasteiger partial charge >= 0.3 is 0 Å². The molecule has 0 unspecified atom stereocenters. The number of hydrogen-bond donors (Lipinski definition) is 0. The summed E-state index contributed by atoms with van der Waals surface area (Å²) in [5.41, 5.74) is 9.48. The lowest BCUT2D eigenvalue weighted by molar-refractivity contribution is 1.06. The van der Waals surface area contributed by atoms with Gasteiger partial charge in [-0.3, -0.25) is 0 Å². The maximum atomic E-state index is 5.20. The third kappa shape index (κ3) is 5.00. The van der Waals surface area contributed by atoms with Crippen molar-refractivity contribution in [1.82, 2.24) is 24.1 Å². The third-order valence-corrected chi connectivity index (χ3v) is 11.5. The van der Waals surface area contributed by atoms with Crippen molar-refractivity contribution in [3.8, 4) is 45.5 Å². The lowest BCUT2D eigenvalue weighted by atomic mass is 10.1. The predicted molar refractivity (Wildman–Crippen MR) is 240 cm³/mol. The minimum absolute atomic E-state index is 0.615. The third-order valence-electron chi connectivity index (χ3n) is 11.5. The molecule has 9 aromatic carbocycles. The molecule has 5 heteroatoms. The van der Waals surface area contributed by atoms with Gasteiger partial charge in [0, 0.05) is 49.3 Å². The van der Waals surface area contributed by atoms with Gasteiger partial charge in [-0.25, -0.2) is 15.0 Å². The Balaban J connectivity index is 1.17. The van der Waals surface area contributed by atoms with Crippen LogP contribution in [0.25, 0.3) is 111 Å². The minimum Gasteiger partial charge on any atom is -0.309 e. The van der Waals surface area contributed by atoms with Gasteiger partial charge in [-0.2, -0.15) is 0 Å². The molecule has 12 rings (SSSR count). The van der Waals surface area contributed by atoms with Crippen LogP contribution in [0.5, 0.6) is 0 Å². The molecule has 0 spiro atoms. The fourth-order valence-electron chi connectivity index (χ4n) is 8.88. The van der Waals surface area contributed by atoms with E-state index in [1.54, 1.807) is 0 Å². The SMILES string of the molecule is c1ccc(-c2nc(-c3ccccc3)nc(-c3ccccc3-n3c4cc(-n5c6ccccc6c6ccc7ccccc7c65)ccc4c4cc5ccccc5cc43)n2)cc1. The molecule has 0 aliphatic rings. The fourth-order valence-corrected chi connectivity index (χ4v) is 8.88. The zero-order valence-electron chi connectivity index (χ0n) is 31.3. The van der Waals surface area contributed by atoms with E-state index in [0.29, 0.717) is 17.5 Å². The van der Waals surface area contributed by atoms with Crippen LogP contribution in [0.15, 0.2) is 200 Å². The van der Waals surface area contributed by atoms with Crippen molar-refractivity contribution in [1.29, 1.82) is 0 Å². The molecule has 0 N–H and O–H groups in total. The summed E-state index contributed by atoms with van der Waals surface area (Å²) in [6, 6.07) is 71.0. The molecule has 0 bridgehead atoms. The van der Waals surface area contributed by atoms with Crippen molar-refractivity contribution in [3.63, 3.8) is 0 Å². The monoisotopic (exact) mass is 739 g/mol. The van der Waals surface area contributed by atoms with E-state index in [2.05, 4.69) is 173 Å². The summed E-state index contributed by atoms with van der Waals surface area (Å²) in [7, 11) is 0. The van der Waals surface area contributed by atoms with E-state index < -0.39 is 0 Å². The smallest absolute Gasteiger partial charge is 0.166 e. The molecule has 3 heterocycles. The largest absolute Gasteiger partial charge is 0.309 e. The van der Waals surface area contributed by atoms with Crippen molar-refractivity contribution < 1.29 is 0 Å². The molecular formula is C53H33N5. The number of benzene rings is 9. The number of rotatable bonds is 5. The van der Waals surface area contributed by atoms with E-state index in [4.69, 9.17) is 15.0 Å². The first-order valence-electron chi connectivity index (χ1n) is 19.6. The second-order valence-corrected chi connectivity index (χ2v) is 14.8. The molecule has 0 fully saturated rings. The molecule has 0 saturated heterocycles.